The molecule has 6 heterocycles. The van der Waals surface area contributed by atoms with Crippen LogP contribution in [0.25, 0.3) is 0 Å². The molecule has 50 heavy (non-hydrogen) atoms. The normalized spacial score (nSPS) is 11.2. The Balaban J connectivity index is 0.000000194. The van der Waals surface area contributed by atoms with Crippen LogP contribution in [0.3, 0.4) is 0 Å². The summed E-state index contributed by atoms with van der Waals surface area (Å²) >= 11 is 3.20. The molecule has 0 radical (unpaired) electrons. The predicted octanol–water partition coefficient (Wildman–Crippen LogP) is 2.63. The third-order valence-corrected chi connectivity index (χ3v) is 9.29. The molecule has 264 valence electrons. The first-order valence-electron chi connectivity index (χ1n) is 16.4. The molecule has 0 fully saturated rings. The number of Topliss-reactive ketones (excluding diaryl/α,β-unsaturated/α-hetero) is 2. The topological polar surface area (TPSA) is 175 Å². The molecule has 0 saturated heterocycles. The second kappa shape index (κ2) is 16.1. The van der Waals surface area contributed by atoms with Gasteiger partial charge in [-0.15, -0.1) is 43.1 Å². The van der Waals surface area contributed by atoms with Crippen LogP contribution in [0, 0.1) is 0 Å². The van der Waals surface area contributed by atoms with Gasteiger partial charge in [-0.3, -0.25) is 9.59 Å². The molecule has 0 saturated carbocycles. The molecule has 0 N–H and O–H groups in total. The molecular weight excluding hydrogens is 681 g/mol. The molecule has 0 aliphatic carbocycles. The lowest BCUT2D eigenvalue weighted by Gasteiger charge is -2.10. The first-order chi connectivity index (χ1) is 24.1. The Kier molecular flexibility index (Phi) is 11.6. The van der Waals surface area contributed by atoms with E-state index in [1.807, 2.05) is 62.7 Å². The van der Waals surface area contributed by atoms with Gasteiger partial charge < -0.3 is 0 Å². The van der Waals surface area contributed by atoms with E-state index in [4.69, 9.17) is 0 Å². The molecular formula is C32H40N12O4S2. The highest BCUT2D eigenvalue weighted by atomic mass is 32.1. The first-order valence-corrected chi connectivity index (χ1v) is 18.1. The molecule has 0 aromatic carbocycles. The fourth-order valence-electron chi connectivity index (χ4n) is 5.32. The van der Waals surface area contributed by atoms with Crippen LogP contribution in [0.1, 0.15) is 86.2 Å². The highest BCUT2D eigenvalue weighted by molar-refractivity contribution is 7.10. The minimum absolute atomic E-state index is 0.0473. The summed E-state index contributed by atoms with van der Waals surface area (Å²) in [5.74, 6) is 3.65. The number of carbonyl (C=O) groups excluding carboxylic acids is 2. The van der Waals surface area contributed by atoms with Crippen molar-refractivity contribution in [2.24, 2.45) is 0 Å². The minimum atomic E-state index is -0.356. The Morgan fingerprint density at radius 3 is 1.16 bits per heavy atom. The summed E-state index contributed by atoms with van der Waals surface area (Å²) in [6.07, 6.45) is 3.54. The van der Waals surface area contributed by atoms with Crippen LogP contribution in [0.15, 0.2) is 44.6 Å². The van der Waals surface area contributed by atoms with Crippen LogP contribution in [-0.2, 0) is 61.2 Å². The third-order valence-electron chi connectivity index (χ3n) is 7.54. The SMILES string of the molecule is CCc1nnc(CC)n1-n1c(Cc2cccs2)nn(CC(C)=O)c1=O.CCc1nnc(CC)n1-n1c(Cc2cccs2)nn(CC(C)=O)c1=O. The van der Waals surface area contributed by atoms with E-state index in [1.165, 1.54) is 32.6 Å². The van der Waals surface area contributed by atoms with Crippen molar-refractivity contribution in [1.82, 2.24) is 58.7 Å². The highest BCUT2D eigenvalue weighted by Crippen LogP contribution is 2.16. The summed E-state index contributed by atoms with van der Waals surface area (Å²) in [6.45, 7) is 10.6. The first kappa shape index (κ1) is 36.2. The monoisotopic (exact) mass is 720 g/mol. The quantitative estimate of drug-likeness (QED) is 0.163. The molecule has 0 aliphatic rings. The second-order valence-corrected chi connectivity index (χ2v) is 13.4. The summed E-state index contributed by atoms with van der Waals surface area (Å²) in [5, 5.41) is 29.5. The Morgan fingerprint density at radius 2 is 0.900 bits per heavy atom. The van der Waals surface area contributed by atoms with Gasteiger partial charge in [0, 0.05) is 48.3 Å². The highest BCUT2D eigenvalue weighted by Gasteiger charge is 2.23. The summed E-state index contributed by atoms with van der Waals surface area (Å²) in [6, 6.07) is 7.92. The van der Waals surface area contributed by atoms with Crippen molar-refractivity contribution in [3.63, 3.8) is 0 Å². The smallest absolute Gasteiger partial charge is 0.298 e. The number of aromatic nitrogens is 12. The van der Waals surface area contributed by atoms with Gasteiger partial charge in [-0.1, -0.05) is 39.8 Å². The van der Waals surface area contributed by atoms with Crippen LogP contribution in [-0.4, -0.2) is 70.2 Å². The lowest BCUT2D eigenvalue weighted by Crippen LogP contribution is -2.33. The number of hydrogen-bond donors (Lipinski definition) is 0. The maximum absolute atomic E-state index is 12.9. The van der Waals surface area contributed by atoms with Crippen LogP contribution in [0.4, 0.5) is 0 Å². The molecule has 0 atom stereocenters. The average molecular weight is 721 g/mol. The van der Waals surface area contributed by atoms with Crippen LogP contribution >= 0.6 is 22.7 Å². The van der Waals surface area contributed by atoms with Gasteiger partial charge in [-0.05, 0) is 36.7 Å². The second-order valence-electron chi connectivity index (χ2n) is 11.4. The maximum atomic E-state index is 12.9. The Hall–Kier alpha value is -5.10. The molecule has 16 nitrogen and oxygen atoms in total. The van der Waals surface area contributed by atoms with E-state index in [1.54, 1.807) is 32.0 Å². The minimum Gasteiger partial charge on any atom is -0.298 e. The van der Waals surface area contributed by atoms with Crippen molar-refractivity contribution >= 4 is 34.2 Å². The van der Waals surface area contributed by atoms with Crippen LogP contribution in [0.2, 0.25) is 0 Å². The standard InChI is InChI=1S/2C16H20N6O2S/c2*1-4-13-17-18-14(5-2)21(13)22-15(9-12-7-6-8-25-12)19-20(16(22)24)10-11(3)23/h2*6-8H,4-5,9-10H2,1-3H3. The van der Waals surface area contributed by atoms with Gasteiger partial charge in [0.25, 0.3) is 0 Å². The van der Waals surface area contributed by atoms with E-state index in [0.717, 1.165) is 9.75 Å². The van der Waals surface area contributed by atoms with Crippen molar-refractivity contribution in [3.8, 4) is 0 Å². The van der Waals surface area contributed by atoms with E-state index < -0.39 is 0 Å². The van der Waals surface area contributed by atoms with E-state index in [2.05, 4.69) is 30.6 Å². The fourth-order valence-corrected chi connectivity index (χ4v) is 6.72. The van der Waals surface area contributed by atoms with Crippen molar-refractivity contribution in [2.45, 2.75) is 93.2 Å². The number of aryl methyl sites for hydroxylation is 4. The predicted molar refractivity (Wildman–Crippen MR) is 188 cm³/mol. The largest absolute Gasteiger partial charge is 0.366 e. The molecule has 6 rings (SSSR count). The van der Waals surface area contributed by atoms with E-state index in [-0.39, 0.29) is 36.0 Å². The number of carbonyl (C=O) groups is 2. The molecule has 6 aromatic heterocycles. The van der Waals surface area contributed by atoms with Crippen molar-refractivity contribution < 1.29 is 9.59 Å². The summed E-state index contributed by atoms with van der Waals surface area (Å²) < 4.78 is 8.89. The Bertz CT molecular complexity index is 1980. The Morgan fingerprint density at radius 1 is 0.560 bits per heavy atom. The van der Waals surface area contributed by atoms with Crippen molar-refractivity contribution in [2.75, 3.05) is 0 Å². The summed E-state index contributed by atoms with van der Waals surface area (Å²) in [5.41, 5.74) is -0.711. The van der Waals surface area contributed by atoms with Gasteiger partial charge in [0.15, 0.2) is 46.5 Å². The number of hydrogen-bond acceptors (Lipinski definition) is 12. The van der Waals surface area contributed by atoms with Gasteiger partial charge >= 0.3 is 11.4 Å². The zero-order valence-corrected chi connectivity index (χ0v) is 30.6. The van der Waals surface area contributed by atoms with Gasteiger partial charge in [0.05, 0.1) is 0 Å². The van der Waals surface area contributed by atoms with Gasteiger partial charge in [0.2, 0.25) is 0 Å². The summed E-state index contributed by atoms with van der Waals surface area (Å²) in [4.78, 5) is 51.0. The van der Waals surface area contributed by atoms with Crippen molar-refractivity contribution in [3.05, 3.63) is 101 Å². The third kappa shape index (κ3) is 7.70. The zero-order valence-electron chi connectivity index (χ0n) is 28.9. The lowest BCUT2D eigenvalue weighted by molar-refractivity contribution is -0.118. The zero-order chi connectivity index (χ0) is 35.9. The van der Waals surface area contributed by atoms with Crippen LogP contribution < -0.4 is 11.4 Å². The van der Waals surface area contributed by atoms with E-state index >= 15 is 0 Å². The average Bonchev–Trinajstić information content (AvgIpc) is 3.94. The van der Waals surface area contributed by atoms with E-state index in [0.29, 0.717) is 73.5 Å². The lowest BCUT2D eigenvalue weighted by atomic mass is 10.3. The van der Waals surface area contributed by atoms with Crippen molar-refractivity contribution in [1.29, 1.82) is 0 Å². The van der Waals surface area contributed by atoms with Gasteiger partial charge in [-0.25, -0.2) is 28.3 Å². The van der Waals surface area contributed by atoms with Gasteiger partial charge in [-0.2, -0.15) is 19.5 Å². The number of rotatable bonds is 14. The number of thiophene rings is 2. The molecule has 0 unspecified atom stereocenters. The Labute approximate surface area is 295 Å². The number of ketones is 2. The molecule has 6 aromatic rings. The fraction of sp³-hybridized carbons (Fsp3) is 0.438. The van der Waals surface area contributed by atoms with Crippen LogP contribution in [0.5, 0.6) is 0 Å². The molecule has 18 heteroatoms. The maximum Gasteiger partial charge on any atom is 0.366 e. The molecule has 0 bridgehead atoms. The van der Waals surface area contributed by atoms with E-state index in [9.17, 15) is 19.2 Å². The molecule has 0 amide bonds. The van der Waals surface area contributed by atoms with Gasteiger partial charge in [0.1, 0.15) is 13.1 Å². The molecule has 0 spiro atoms. The summed E-state index contributed by atoms with van der Waals surface area (Å²) in [7, 11) is 0. The number of nitrogens with zero attached hydrogens (tertiary/aromatic N) is 12. The molecule has 0 aliphatic heterocycles.